The Morgan fingerprint density at radius 1 is 0.967 bits per heavy atom. The van der Waals surface area contributed by atoms with Gasteiger partial charge in [0, 0.05) is 31.2 Å². The molecule has 4 rings (SSSR count). The summed E-state index contributed by atoms with van der Waals surface area (Å²) in [7, 11) is 0.114. The van der Waals surface area contributed by atoms with Crippen molar-refractivity contribution in [1.29, 1.82) is 0 Å². The van der Waals surface area contributed by atoms with E-state index in [0.717, 1.165) is 22.5 Å². The second-order valence-corrected chi connectivity index (χ2v) is 9.59. The van der Waals surface area contributed by atoms with Crippen molar-refractivity contribution < 1.29 is 8.42 Å². The maximum Gasteiger partial charge on any atom is 0.279 e. The van der Waals surface area contributed by atoms with Gasteiger partial charge in [-0.3, -0.25) is 0 Å². The maximum atomic E-state index is 13.4. The van der Waals surface area contributed by atoms with Gasteiger partial charge in [-0.1, -0.05) is 54.1 Å². The third-order valence-electron chi connectivity index (χ3n) is 5.09. The lowest BCUT2D eigenvalue weighted by Crippen LogP contribution is -2.27. The lowest BCUT2D eigenvalue weighted by atomic mass is 9.99. The van der Waals surface area contributed by atoms with Crippen molar-refractivity contribution in [3.05, 3.63) is 95.0 Å². The van der Waals surface area contributed by atoms with Crippen LogP contribution in [0.25, 0.3) is 0 Å². The molecule has 30 heavy (non-hydrogen) atoms. The standard InChI is InChI=1S/C23H22ClN3O2S/c1-26(2)20-11-7-8-17(15-20)22-16-23(18-9-6-10-19(24)14-18)27(25-22)30(28,29)21-12-4-3-5-13-21/h3-15,23H,16H2,1-2H3/t23-/m1/s1. The van der Waals surface area contributed by atoms with Gasteiger partial charge in [-0.2, -0.15) is 17.9 Å². The molecule has 7 heteroatoms. The number of hydrazone groups is 1. The Kier molecular flexibility index (Phi) is 5.54. The summed E-state index contributed by atoms with van der Waals surface area (Å²) in [6.07, 6.45) is 0.462. The number of benzene rings is 3. The molecule has 1 aliphatic heterocycles. The van der Waals surface area contributed by atoms with Gasteiger partial charge in [0.05, 0.1) is 16.6 Å². The summed E-state index contributed by atoms with van der Waals surface area (Å²) in [5.74, 6) is 0. The summed E-state index contributed by atoms with van der Waals surface area (Å²) in [4.78, 5) is 2.22. The predicted molar refractivity (Wildman–Crippen MR) is 122 cm³/mol. The number of rotatable bonds is 5. The van der Waals surface area contributed by atoms with Gasteiger partial charge < -0.3 is 4.90 Å². The molecule has 0 unspecified atom stereocenters. The molecule has 3 aromatic carbocycles. The largest absolute Gasteiger partial charge is 0.378 e. The van der Waals surface area contributed by atoms with Crippen LogP contribution in [0.4, 0.5) is 5.69 Å². The minimum Gasteiger partial charge on any atom is -0.378 e. The second kappa shape index (κ2) is 8.13. The fraction of sp³-hybridized carbons (Fsp3) is 0.174. The third-order valence-corrected chi connectivity index (χ3v) is 7.02. The van der Waals surface area contributed by atoms with Gasteiger partial charge in [0.1, 0.15) is 0 Å². The molecule has 0 amide bonds. The highest BCUT2D eigenvalue weighted by Gasteiger charge is 2.37. The number of hydrogen-bond acceptors (Lipinski definition) is 4. The van der Waals surface area contributed by atoms with E-state index in [1.807, 2.05) is 55.4 Å². The summed E-state index contributed by atoms with van der Waals surface area (Å²) in [6.45, 7) is 0. The Hall–Kier alpha value is -2.83. The van der Waals surface area contributed by atoms with Crippen molar-refractivity contribution in [3.8, 4) is 0 Å². The number of sulfonamides is 1. The topological polar surface area (TPSA) is 53.0 Å². The lowest BCUT2D eigenvalue weighted by molar-refractivity contribution is 0.371. The Morgan fingerprint density at radius 2 is 1.70 bits per heavy atom. The second-order valence-electron chi connectivity index (χ2n) is 7.36. The van der Waals surface area contributed by atoms with Crippen LogP contribution in [0.15, 0.2) is 88.9 Å². The van der Waals surface area contributed by atoms with Crippen molar-refractivity contribution >= 4 is 33.0 Å². The van der Waals surface area contributed by atoms with Crippen LogP contribution in [-0.2, 0) is 10.0 Å². The van der Waals surface area contributed by atoms with Gasteiger partial charge in [0.25, 0.3) is 10.0 Å². The summed E-state index contributed by atoms with van der Waals surface area (Å²) in [5, 5.41) is 5.16. The first-order valence-corrected chi connectivity index (χ1v) is 11.4. The molecule has 5 nitrogen and oxygen atoms in total. The summed E-state index contributed by atoms with van der Waals surface area (Å²) < 4.78 is 28.1. The normalized spacial score (nSPS) is 16.4. The molecule has 0 bridgehead atoms. The van der Waals surface area contributed by atoms with Gasteiger partial charge in [-0.25, -0.2) is 0 Å². The van der Waals surface area contributed by atoms with Crippen LogP contribution < -0.4 is 4.90 Å². The van der Waals surface area contributed by atoms with Gasteiger partial charge in [0.2, 0.25) is 0 Å². The summed E-state index contributed by atoms with van der Waals surface area (Å²) in [5.41, 5.74) is 3.46. The van der Waals surface area contributed by atoms with Crippen LogP contribution in [0.1, 0.15) is 23.6 Å². The smallest absolute Gasteiger partial charge is 0.279 e. The Labute approximate surface area is 182 Å². The van der Waals surface area contributed by atoms with Crippen LogP contribution in [-0.4, -0.2) is 32.6 Å². The minimum absolute atomic E-state index is 0.212. The molecule has 1 atom stereocenters. The molecule has 0 spiro atoms. The molecule has 0 saturated heterocycles. The van der Waals surface area contributed by atoms with E-state index >= 15 is 0 Å². The zero-order valence-electron chi connectivity index (χ0n) is 16.7. The Morgan fingerprint density at radius 3 is 2.40 bits per heavy atom. The zero-order chi connectivity index (χ0) is 21.3. The van der Waals surface area contributed by atoms with Crippen molar-refractivity contribution in [3.63, 3.8) is 0 Å². The molecule has 3 aromatic rings. The molecule has 0 aromatic heterocycles. The quantitative estimate of drug-likeness (QED) is 0.565. The highest BCUT2D eigenvalue weighted by atomic mass is 35.5. The minimum atomic E-state index is -3.82. The van der Waals surface area contributed by atoms with Crippen molar-refractivity contribution in [1.82, 2.24) is 4.41 Å². The molecule has 0 aliphatic carbocycles. The van der Waals surface area contributed by atoms with E-state index in [9.17, 15) is 8.42 Å². The van der Waals surface area contributed by atoms with Crippen molar-refractivity contribution in [2.24, 2.45) is 5.10 Å². The van der Waals surface area contributed by atoms with E-state index in [1.165, 1.54) is 4.41 Å². The first-order valence-electron chi connectivity index (χ1n) is 9.56. The number of anilines is 1. The lowest BCUT2D eigenvalue weighted by Gasteiger charge is -2.23. The van der Waals surface area contributed by atoms with E-state index in [-0.39, 0.29) is 4.90 Å². The Balaban J connectivity index is 1.81. The van der Waals surface area contributed by atoms with Gasteiger partial charge in [-0.05, 0) is 47.5 Å². The highest BCUT2D eigenvalue weighted by molar-refractivity contribution is 7.89. The molecular weight excluding hydrogens is 418 g/mol. The Bertz CT molecular complexity index is 1190. The highest BCUT2D eigenvalue weighted by Crippen LogP contribution is 2.38. The molecule has 0 N–H and O–H groups in total. The molecule has 1 heterocycles. The number of nitrogens with zero attached hydrogens (tertiary/aromatic N) is 3. The average Bonchev–Trinajstić information content (AvgIpc) is 3.21. The van der Waals surface area contributed by atoms with Crippen molar-refractivity contribution in [2.75, 3.05) is 19.0 Å². The molecule has 1 aliphatic rings. The fourth-order valence-corrected chi connectivity index (χ4v) is 5.16. The van der Waals surface area contributed by atoms with E-state index in [0.29, 0.717) is 11.4 Å². The summed E-state index contributed by atoms with van der Waals surface area (Å²) in [6, 6.07) is 23.2. The molecule has 0 radical (unpaired) electrons. The van der Waals surface area contributed by atoms with Gasteiger partial charge in [0.15, 0.2) is 0 Å². The van der Waals surface area contributed by atoms with Gasteiger partial charge in [-0.15, -0.1) is 0 Å². The maximum absolute atomic E-state index is 13.4. The van der Waals surface area contributed by atoms with E-state index < -0.39 is 16.1 Å². The summed E-state index contributed by atoms with van der Waals surface area (Å²) >= 11 is 6.20. The predicted octanol–water partition coefficient (Wildman–Crippen LogP) is 4.95. The number of hydrogen-bond donors (Lipinski definition) is 0. The van der Waals surface area contributed by atoms with E-state index in [2.05, 4.69) is 5.10 Å². The van der Waals surface area contributed by atoms with Crippen LogP contribution in [0.5, 0.6) is 0 Å². The van der Waals surface area contributed by atoms with Crippen LogP contribution in [0.3, 0.4) is 0 Å². The fourth-order valence-electron chi connectivity index (χ4n) is 3.51. The third kappa shape index (κ3) is 3.93. The SMILES string of the molecule is CN(C)c1cccc(C2=NN(S(=O)(=O)c3ccccc3)[C@@H](c3cccc(Cl)c3)C2)c1. The average molecular weight is 440 g/mol. The first-order chi connectivity index (χ1) is 14.4. The monoisotopic (exact) mass is 439 g/mol. The number of halogens is 1. The van der Waals surface area contributed by atoms with Crippen LogP contribution in [0, 0.1) is 0 Å². The van der Waals surface area contributed by atoms with Gasteiger partial charge >= 0.3 is 0 Å². The first kappa shape index (κ1) is 20.4. The zero-order valence-corrected chi connectivity index (χ0v) is 18.3. The van der Waals surface area contributed by atoms with E-state index in [1.54, 1.807) is 42.5 Å². The molecule has 0 fully saturated rings. The van der Waals surface area contributed by atoms with Crippen molar-refractivity contribution in [2.45, 2.75) is 17.4 Å². The van der Waals surface area contributed by atoms with Crippen LogP contribution >= 0.6 is 11.6 Å². The molecule has 154 valence electrons. The molecular formula is C23H22ClN3O2S. The van der Waals surface area contributed by atoms with E-state index in [4.69, 9.17) is 11.6 Å². The van der Waals surface area contributed by atoms with Crippen LogP contribution in [0.2, 0.25) is 5.02 Å². The molecule has 0 saturated carbocycles.